The fourth-order valence-electron chi connectivity index (χ4n) is 4.76. The van der Waals surface area contributed by atoms with Crippen molar-refractivity contribution in [2.45, 2.75) is 12.5 Å². The molecule has 0 spiro atoms. The van der Waals surface area contributed by atoms with Gasteiger partial charge >= 0.3 is 6.03 Å². The van der Waals surface area contributed by atoms with E-state index in [2.05, 4.69) is 5.32 Å². The molecule has 180 valence electrons. The molecule has 3 aromatic rings. The predicted molar refractivity (Wildman–Crippen MR) is 133 cm³/mol. The van der Waals surface area contributed by atoms with Crippen LogP contribution in [-0.4, -0.2) is 59.5 Å². The number of hydrogen-bond donors (Lipinski definition) is 1. The number of benzene rings is 3. The van der Waals surface area contributed by atoms with Gasteiger partial charge in [-0.05, 0) is 41.5 Å². The Morgan fingerprint density at radius 2 is 1.71 bits per heavy atom. The zero-order chi connectivity index (χ0) is 24.7. The number of carbonyl (C=O) groups excluding carboxylic acids is 2. The van der Waals surface area contributed by atoms with Crippen molar-refractivity contribution in [2.75, 3.05) is 37.7 Å². The Balaban J connectivity index is 1.28. The number of anilines is 1. The van der Waals surface area contributed by atoms with Crippen LogP contribution in [-0.2, 0) is 10.3 Å². The van der Waals surface area contributed by atoms with Gasteiger partial charge < -0.3 is 10.2 Å². The molecule has 1 N–H and O–H groups in total. The van der Waals surface area contributed by atoms with Crippen molar-refractivity contribution in [3.63, 3.8) is 0 Å². The molecule has 10 heteroatoms. The van der Waals surface area contributed by atoms with Gasteiger partial charge in [-0.1, -0.05) is 48.0 Å². The maximum Gasteiger partial charge on any atom is 0.326 e. The van der Waals surface area contributed by atoms with Crippen LogP contribution in [0.3, 0.4) is 0 Å². The van der Waals surface area contributed by atoms with Gasteiger partial charge in [0.05, 0.1) is 11.6 Å². The fourth-order valence-corrected chi connectivity index (χ4v) is 4.93. The number of halogens is 1. The third-order valence-corrected chi connectivity index (χ3v) is 7.03. The summed E-state index contributed by atoms with van der Waals surface area (Å²) in [5, 5.41) is 16.7. The number of nitrogens with one attached hydrogen (secondary N) is 1. The highest BCUT2D eigenvalue weighted by Gasteiger charge is 2.49. The van der Waals surface area contributed by atoms with Crippen LogP contribution in [0.2, 0.25) is 5.02 Å². The summed E-state index contributed by atoms with van der Waals surface area (Å²) >= 11 is 5.93. The molecule has 9 nitrogen and oxygen atoms in total. The molecular weight excluding hydrogens is 470 g/mol. The topological polar surface area (TPSA) is 99.0 Å². The average molecular weight is 494 g/mol. The first-order valence-corrected chi connectivity index (χ1v) is 11.7. The van der Waals surface area contributed by atoms with Crippen LogP contribution in [0.1, 0.15) is 12.5 Å². The van der Waals surface area contributed by atoms with Crippen LogP contribution >= 0.6 is 11.6 Å². The van der Waals surface area contributed by atoms with Crippen molar-refractivity contribution in [2.24, 2.45) is 0 Å². The molecule has 1 atom stereocenters. The SMILES string of the molecule is CC1(c2ccc3ccccc3c2)NC(=O)N(CN2CCN(c3ccc(Cl)cc3[N+](=O)[O-])CC2)C1=O. The predicted octanol–water partition coefficient (Wildman–Crippen LogP) is 3.95. The minimum Gasteiger partial charge on any atom is -0.363 e. The van der Waals surface area contributed by atoms with Gasteiger partial charge in [-0.25, -0.2) is 9.69 Å². The van der Waals surface area contributed by atoms with Crippen LogP contribution in [0.25, 0.3) is 10.8 Å². The summed E-state index contributed by atoms with van der Waals surface area (Å²) in [6, 6.07) is 17.9. The zero-order valence-electron chi connectivity index (χ0n) is 19.1. The van der Waals surface area contributed by atoms with Crippen molar-refractivity contribution in [1.82, 2.24) is 15.1 Å². The summed E-state index contributed by atoms with van der Waals surface area (Å²) in [5.74, 6) is -0.298. The number of nitrogens with zero attached hydrogens (tertiary/aromatic N) is 4. The highest BCUT2D eigenvalue weighted by Crippen LogP contribution is 2.33. The summed E-state index contributed by atoms with van der Waals surface area (Å²) in [4.78, 5) is 42.4. The molecule has 2 fully saturated rings. The zero-order valence-corrected chi connectivity index (χ0v) is 19.9. The quantitative estimate of drug-likeness (QED) is 0.328. The van der Waals surface area contributed by atoms with Crippen molar-refractivity contribution in [1.29, 1.82) is 0 Å². The lowest BCUT2D eigenvalue weighted by molar-refractivity contribution is -0.384. The molecule has 0 bridgehead atoms. The molecule has 0 aliphatic carbocycles. The summed E-state index contributed by atoms with van der Waals surface area (Å²) in [7, 11) is 0. The van der Waals surface area contributed by atoms with Gasteiger partial charge in [0, 0.05) is 37.3 Å². The molecule has 5 rings (SSSR count). The lowest BCUT2D eigenvalue weighted by atomic mass is 9.90. The van der Waals surface area contributed by atoms with E-state index >= 15 is 0 Å². The standard InChI is InChI=1S/C25H24ClN5O4/c1-25(19-7-6-17-4-2-3-5-18(17)14-19)23(32)30(24(33)27-25)16-28-10-12-29(13-11-28)21-9-8-20(26)15-22(21)31(34)35/h2-9,14-15H,10-13,16H2,1H3,(H,27,33). The van der Waals surface area contributed by atoms with Crippen molar-refractivity contribution in [3.8, 4) is 0 Å². The molecule has 35 heavy (non-hydrogen) atoms. The summed E-state index contributed by atoms with van der Waals surface area (Å²) in [6.07, 6.45) is 0. The summed E-state index contributed by atoms with van der Waals surface area (Å²) in [6.45, 7) is 4.02. The normalized spacial score (nSPS) is 21.0. The molecule has 3 aromatic carbocycles. The van der Waals surface area contributed by atoms with E-state index in [0.29, 0.717) is 36.9 Å². The Morgan fingerprint density at radius 1 is 1.00 bits per heavy atom. The number of nitro benzene ring substituents is 1. The lowest BCUT2D eigenvalue weighted by Gasteiger charge is -2.37. The molecule has 1 unspecified atom stereocenters. The van der Waals surface area contributed by atoms with Crippen molar-refractivity contribution in [3.05, 3.63) is 81.4 Å². The number of piperazine rings is 1. The molecule has 2 heterocycles. The van der Waals surface area contributed by atoms with Crippen LogP contribution in [0.4, 0.5) is 16.2 Å². The number of carbonyl (C=O) groups is 2. The Morgan fingerprint density at radius 3 is 2.43 bits per heavy atom. The lowest BCUT2D eigenvalue weighted by Crippen LogP contribution is -2.51. The van der Waals surface area contributed by atoms with Crippen LogP contribution in [0, 0.1) is 10.1 Å². The minimum absolute atomic E-state index is 0.0359. The highest BCUT2D eigenvalue weighted by molar-refractivity contribution is 6.30. The Hall–Kier alpha value is -3.69. The first-order valence-electron chi connectivity index (χ1n) is 11.3. The number of rotatable bonds is 5. The van der Waals surface area contributed by atoms with Gasteiger partial charge in [0.25, 0.3) is 11.6 Å². The largest absolute Gasteiger partial charge is 0.363 e. The highest BCUT2D eigenvalue weighted by atomic mass is 35.5. The van der Waals surface area contributed by atoms with Crippen LogP contribution in [0.5, 0.6) is 0 Å². The van der Waals surface area contributed by atoms with Crippen molar-refractivity contribution < 1.29 is 14.5 Å². The van der Waals surface area contributed by atoms with Gasteiger partial charge in [-0.15, -0.1) is 0 Å². The fraction of sp³-hybridized carbons (Fsp3) is 0.280. The Kier molecular flexibility index (Phi) is 5.82. The number of imide groups is 1. The van der Waals surface area contributed by atoms with Gasteiger partial charge in [0.15, 0.2) is 0 Å². The molecule has 3 amide bonds. The second-order valence-corrected chi connectivity index (χ2v) is 9.42. The van der Waals surface area contributed by atoms with E-state index in [-0.39, 0.29) is 18.3 Å². The number of fused-ring (bicyclic) bond motifs is 1. The monoisotopic (exact) mass is 493 g/mol. The molecule has 0 aromatic heterocycles. The summed E-state index contributed by atoms with van der Waals surface area (Å²) < 4.78 is 0. The second-order valence-electron chi connectivity index (χ2n) is 8.99. The van der Waals surface area contributed by atoms with Gasteiger partial charge in [-0.2, -0.15) is 0 Å². The van der Waals surface area contributed by atoms with Crippen LogP contribution in [0.15, 0.2) is 60.7 Å². The average Bonchev–Trinajstić information content (AvgIpc) is 3.08. The first kappa shape index (κ1) is 23.1. The molecule has 2 aliphatic heterocycles. The molecular formula is C25H24ClN5O4. The third kappa shape index (κ3) is 4.17. The number of urea groups is 1. The number of amides is 3. The third-order valence-electron chi connectivity index (χ3n) is 6.79. The van der Waals surface area contributed by atoms with E-state index < -0.39 is 16.5 Å². The smallest absolute Gasteiger partial charge is 0.326 e. The van der Waals surface area contributed by atoms with Gasteiger partial charge in [0.2, 0.25) is 0 Å². The van der Waals surface area contributed by atoms with E-state index in [1.54, 1.807) is 19.1 Å². The summed E-state index contributed by atoms with van der Waals surface area (Å²) in [5.41, 5.74) is 0.0633. The molecule has 0 saturated carbocycles. The van der Waals surface area contributed by atoms with E-state index in [1.165, 1.54) is 11.0 Å². The van der Waals surface area contributed by atoms with Gasteiger partial charge in [0.1, 0.15) is 11.2 Å². The van der Waals surface area contributed by atoms with Crippen molar-refractivity contribution >= 4 is 45.7 Å². The molecule has 0 radical (unpaired) electrons. The van der Waals surface area contributed by atoms with E-state index in [0.717, 1.165) is 16.3 Å². The first-order chi connectivity index (χ1) is 16.8. The Labute approximate surface area is 207 Å². The maximum absolute atomic E-state index is 13.4. The minimum atomic E-state index is -1.15. The number of nitro groups is 1. The van der Waals surface area contributed by atoms with Gasteiger partial charge in [-0.3, -0.25) is 19.8 Å². The maximum atomic E-state index is 13.4. The van der Waals surface area contributed by atoms with Crippen LogP contribution < -0.4 is 10.2 Å². The second kappa shape index (κ2) is 8.83. The molecule has 2 aliphatic rings. The van der Waals surface area contributed by atoms with E-state index in [4.69, 9.17) is 11.6 Å². The number of hydrogen-bond acceptors (Lipinski definition) is 6. The van der Waals surface area contributed by atoms with E-state index in [9.17, 15) is 19.7 Å². The molecule has 2 saturated heterocycles. The van der Waals surface area contributed by atoms with E-state index in [1.807, 2.05) is 52.3 Å². The Bertz CT molecular complexity index is 1340.